The van der Waals surface area contributed by atoms with E-state index in [0.29, 0.717) is 13.2 Å². The van der Waals surface area contributed by atoms with Gasteiger partial charge >= 0.3 is 0 Å². The number of unbranched alkanes of at least 4 members (excludes halogenated alkanes) is 3. The molecule has 1 rings (SSSR count). The van der Waals surface area contributed by atoms with E-state index in [1.807, 2.05) is 0 Å². The predicted molar refractivity (Wildman–Crippen MR) is 74.4 cm³/mol. The first-order valence-electron chi connectivity index (χ1n) is 7.57. The van der Waals surface area contributed by atoms with E-state index in [-0.39, 0.29) is 0 Å². The Kier molecular flexibility index (Phi) is 9.48. The summed E-state index contributed by atoms with van der Waals surface area (Å²) in [4.78, 5) is 0. The zero-order chi connectivity index (χ0) is 13.1. The highest BCUT2D eigenvalue weighted by molar-refractivity contribution is 4.63. The number of nitrogens with one attached hydrogen (secondary N) is 1. The fourth-order valence-corrected chi connectivity index (χ4v) is 2.20. The molecule has 0 aromatic rings. The second-order valence-corrected chi connectivity index (χ2v) is 5.20. The zero-order valence-corrected chi connectivity index (χ0v) is 11.9. The Hall–Kier alpha value is -0.160. The van der Waals surface area contributed by atoms with Crippen LogP contribution in [0.1, 0.15) is 51.9 Å². The molecule has 1 aliphatic rings. The first kappa shape index (κ1) is 15.9. The number of hydrazine groups is 1. The molecule has 0 spiro atoms. The highest BCUT2D eigenvalue weighted by Crippen LogP contribution is 2.05. The van der Waals surface area contributed by atoms with Crippen molar-refractivity contribution < 1.29 is 9.84 Å². The van der Waals surface area contributed by atoms with Crippen LogP contribution in [0.5, 0.6) is 0 Å². The van der Waals surface area contributed by atoms with Crippen LogP contribution in [0.2, 0.25) is 0 Å². The lowest BCUT2D eigenvalue weighted by Gasteiger charge is -2.28. The molecule has 1 unspecified atom stereocenters. The van der Waals surface area contributed by atoms with E-state index in [1.54, 1.807) is 0 Å². The van der Waals surface area contributed by atoms with E-state index in [9.17, 15) is 5.11 Å². The molecule has 4 heteroatoms. The van der Waals surface area contributed by atoms with Crippen LogP contribution in [-0.4, -0.2) is 49.1 Å². The van der Waals surface area contributed by atoms with Gasteiger partial charge in [0.05, 0.1) is 12.7 Å². The first-order chi connectivity index (χ1) is 8.83. The summed E-state index contributed by atoms with van der Waals surface area (Å²) >= 11 is 0. The monoisotopic (exact) mass is 258 g/mol. The molecule has 0 bridgehead atoms. The molecule has 1 fully saturated rings. The number of aliphatic hydroxyl groups is 1. The van der Waals surface area contributed by atoms with Crippen molar-refractivity contribution in [2.75, 3.05) is 32.8 Å². The van der Waals surface area contributed by atoms with Crippen molar-refractivity contribution in [3.8, 4) is 0 Å². The summed E-state index contributed by atoms with van der Waals surface area (Å²) in [5, 5.41) is 12.0. The van der Waals surface area contributed by atoms with Gasteiger partial charge in [-0.05, 0) is 19.3 Å². The third-order valence-corrected chi connectivity index (χ3v) is 3.36. The fraction of sp³-hybridized carbons (Fsp3) is 1.00. The highest BCUT2D eigenvalue weighted by atomic mass is 16.5. The minimum Gasteiger partial charge on any atom is -0.389 e. The fourth-order valence-electron chi connectivity index (χ4n) is 2.20. The predicted octanol–water partition coefficient (Wildman–Crippen LogP) is 1.93. The smallest absolute Gasteiger partial charge is 0.0911 e. The van der Waals surface area contributed by atoms with Crippen molar-refractivity contribution >= 4 is 0 Å². The lowest BCUT2D eigenvalue weighted by atomic mass is 10.2. The van der Waals surface area contributed by atoms with Crippen molar-refractivity contribution in [2.24, 2.45) is 0 Å². The summed E-state index contributed by atoms with van der Waals surface area (Å²) in [6.45, 7) is 6.24. The molecule has 0 radical (unpaired) electrons. The van der Waals surface area contributed by atoms with Gasteiger partial charge in [0, 0.05) is 26.2 Å². The van der Waals surface area contributed by atoms with Gasteiger partial charge in [0.25, 0.3) is 0 Å². The number of nitrogens with zero attached hydrogens (tertiary/aromatic N) is 1. The van der Waals surface area contributed by atoms with Crippen molar-refractivity contribution in [1.82, 2.24) is 10.4 Å². The van der Waals surface area contributed by atoms with E-state index >= 15 is 0 Å². The summed E-state index contributed by atoms with van der Waals surface area (Å²) in [5.74, 6) is 0. The number of aliphatic hydroxyl groups excluding tert-OH is 1. The number of piperidine rings is 1. The molecule has 1 saturated heterocycles. The highest BCUT2D eigenvalue weighted by Gasteiger charge is 2.11. The van der Waals surface area contributed by atoms with E-state index in [4.69, 9.17) is 4.74 Å². The maximum absolute atomic E-state index is 9.77. The molecular weight excluding hydrogens is 228 g/mol. The van der Waals surface area contributed by atoms with Crippen LogP contribution in [0.4, 0.5) is 0 Å². The molecule has 1 heterocycles. The zero-order valence-electron chi connectivity index (χ0n) is 11.9. The first-order valence-corrected chi connectivity index (χ1v) is 7.57. The topological polar surface area (TPSA) is 44.7 Å². The van der Waals surface area contributed by atoms with Crippen LogP contribution in [0.3, 0.4) is 0 Å². The molecule has 4 nitrogen and oxygen atoms in total. The van der Waals surface area contributed by atoms with Crippen LogP contribution in [0, 0.1) is 0 Å². The van der Waals surface area contributed by atoms with Gasteiger partial charge in [0.2, 0.25) is 0 Å². The standard InChI is InChI=1S/C14H30N2O2/c1-2-3-4-8-11-18-13-14(17)12-15-16-9-6-5-7-10-16/h14-15,17H,2-13H2,1H3. The van der Waals surface area contributed by atoms with Crippen molar-refractivity contribution in [1.29, 1.82) is 0 Å². The van der Waals surface area contributed by atoms with Crippen LogP contribution < -0.4 is 5.43 Å². The lowest BCUT2D eigenvalue weighted by molar-refractivity contribution is 0.0202. The summed E-state index contributed by atoms with van der Waals surface area (Å²) < 4.78 is 5.47. The molecule has 108 valence electrons. The quantitative estimate of drug-likeness (QED) is 0.588. The summed E-state index contributed by atoms with van der Waals surface area (Å²) in [6.07, 6.45) is 8.34. The maximum atomic E-state index is 9.77. The van der Waals surface area contributed by atoms with Crippen LogP contribution in [-0.2, 0) is 4.74 Å². The van der Waals surface area contributed by atoms with Gasteiger partial charge in [0.1, 0.15) is 0 Å². The average Bonchev–Trinajstić information content (AvgIpc) is 2.41. The van der Waals surface area contributed by atoms with Crippen molar-refractivity contribution in [3.63, 3.8) is 0 Å². The molecule has 0 aromatic carbocycles. The third kappa shape index (κ3) is 8.03. The summed E-state index contributed by atoms with van der Waals surface area (Å²) in [5.41, 5.74) is 3.29. The SMILES string of the molecule is CCCCCCOCC(O)CNN1CCCCC1. The van der Waals surface area contributed by atoms with Gasteiger partial charge < -0.3 is 9.84 Å². The number of ether oxygens (including phenoxy) is 1. The molecule has 0 aliphatic carbocycles. The number of hydrogen-bond acceptors (Lipinski definition) is 4. The molecule has 2 N–H and O–H groups in total. The van der Waals surface area contributed by atoms with E-state index in [0.717, 1.165) is 26.1 Å². The molecule has 0 amide bonds. The summed E-state index contributed by atoms with van der Waals surface area (Å²) in [6, 6.07) is 0. The van der Waals surface area contributed by atoms with Gasteiger partial charge in [0.15, 0.2) is 0 Å². The van der Waals surface area contributed by atoms with Crippen LogP contribution in [0.25, 0.3) is 0 Å². The second-order valence-electron chi connectivity index (χ2n) is 5.20. The van der Waals surface area contributed by atoms with Crippen LogP contribution >= 0.6 is 0 Å². The minimum absolute atomic E-state index is 0.391. The van der Waals surface area contributed by atoms with Gasteiger partial charge in [-0.2, -0.15) is 0 Å². The van der Waals surface area contributed by atoms with Crippen molar-refractivity contribution in [3.05, 3.63) is 0 Å². The largest absolute Gasteiger partial charge is 0.389 e. The van der Waals surface area contributed by atoms with Gasteiger partial charge in [-0.1, -0.05) is 32.6 Å². The average molecular weight is 258 g/mol. The Labute approximate surface area is 112 Å². The van der Waals surface area contributed by atoms with Crippen LogP contribution in [0.15, 0.2) is 0 Å². The Balaban J connectivity index is 1.88. The van der Waals surface area contributed by atoms with Gasteiger partial charge in [-0.25, -0.2) is 5.01 Å². The summed E-state index contributed by atoms with van der Waals surface area (Å²) in [7, 11) is 0. The number of hydrogen-bond donors (Lipinski definition) is 2. The van der Waals surface area contributed by atoms with E-state index < -0.39 is 6.10 Å². The van der Waals surface area contributed by atoms with Crippen molar-refractivity contribution in [2.45, 2.75) is 58.0 Å². The molecule has 1 aliphatic heterocycles. The van der Waals surface area contributed by atoms with Gasteiger partial charge in [-0.3, -0.25) is 5.43 Å². The van der Waals surface area contributed by atoms with E-state index in [2.05, 4.69) is 17.4 Å². The Morgan fingerprint density at radius 3 is 2.67 bits per heavy atom. The molecule has 1 atom stereocenters. The number of rotatable bonds is 10. The normalized spacial score (nSPS) is 19.0. The second kappa shape index (κ2) is 10.7. The molecule has 18 heavy (non-hydrogen) atoms. The third-order valence-electron chi connectivity index (χ3n) is 3.36. The molecule has 0 aromatic heterocycles. The van der Waals surface area contributed by atoms with Gasteiger partial charge in [-0.15, -0.1) is 0 Å². The minimum atomic E-state index is -0.391. The molecule has 0 saturated carbocycles. The van der Waals surface area contributed by atoms with E-state index in [1.165, 1.54) is 38.5 Å². The maximum Gasteiger partial charge on any atom is 0.0911 e. The Bertz CT molecular complexity index is 185. The molecular formula is C14H30N2O2. The lowest BCUT2D eigenvalue weighted by Crippen LogP contribution is -2.45. The Morgan fingerprint density at radius 1 is 1.17 bits per heavy atom. The Morgan fingerprint density at radius 2 is 1.94 bits per heavy atom.